The SMILES string of the molecule is O=C(NCCN1CCCCC1=O)c1cnc2c(c1)N(Cc1ccccc1)C(=O)CN2. The predicted octanol–water partition coefficient (Wildman–Crippen LogP) is 1.78. The highest BCUT2D eigenvalue weighted by Gasteiger charge is 2.26. The van der Waals surface area contributed by atoms with Crippen LogP contribution in [0.3, 0.4) is 0 Å². The number of rotatable bonds is 6. The van der Waals surface area contributed by atoms with E-state index in [2.05, 4.69) is 15.6 Å². The summed E-state index contributed by atoms with van der Waals surface area (Å²) in [5.41, 5.74) is 1.97. The Bertz CT molecular complexity index is 947. The van der Waals surface area contributed by atoms with Crippen molar-refractivity contribution in [2.45, 2.75) is 25.8 Å². The highest BCUT2D eigenvalue weighted by atomic mass is 16.2. The molecule has 2 aliphatic rings. The van der Waals surface area contributed by atoms with Crippen molar-refractivity contribution in [1.29, 1.82) is 0 Å². The number of benzene rings is 1. The van der Waals surface area contributed by atoms with Gasteiger partial charge < -0.3 is 20.4 Å². The molecule has 1 aromatic heterocycles. The lowest BCUT2D eigenvalue weighted by Gasteiger charge is -2.30. The maximum atomic E-state index is 12.6. The summed E-state index contributed by atoms with van der Waals surface area (Å²) in [5, 5.41) is 5.86. The van der Waals surface area contributed by atoms with Crippen LogP contribution in [0.25, 0.3) is 0 Å². The second kappa shape index (κ2) is 8.94. The lowest BCUT2D eigenvalue weighted by molar-refractivity contribution is -0.133. The third kappa shape index (κ3) is 4.42. The molecule has 0 radical (unpaired) electrons. The molecule has 1 fully saturated rings. The van der Waals surface area contributed by atoms with Gasteiger partial charge in [-0.3, -0.25) is 14.4 Å². The summed E-state index contributed by atoms with van der Waals surface area (Å²) < 4.78 is 0. The number of carbonyl (C=O) groups is 3. The van der Waals surface area contributed by atoms with Crippen molar-refractivity contribution in [1.82, 2.24) is 15.2 Å². The van der Waals surface area contributed by atoms with Crippen molar-refractivity contribution in [3.63, 3.8) is 0 Å². The highest BCUT2D eigenvalue weighted by Crippen LogP contribution is 2.29. The van der Waals surface area contributed by atoms with E-state index in [1.54, 1.807) is 15.9 Å². The second-order valence-electron chi connectivity index (χ2n) is 7.50. The number of hydrogen-bond donors (Lipinski definition) is 2. The van der Waals surface area contributed by atoms with Crippen LogP contribution < -0.4 is 15.5 Å². The third-order valence-corrected chi connectivity index (χ3v) is 5.40. The van der Waals surface area contributed by atoms with Gasteiger partial charge in [-0.25, -0.2) is 4.98 Å². The lowest BCUT2D eigenvalue weighted by atomic mass is 10.1. The zero-order chi connectivity index (χ0) is 20.9. The molecule has 1 aromatic carbocycles. The predicted molar refractivity (Wildman–Crippen MR) is 113 cm³/mol. The monoisotopic (exact) mass is 407 g/mol. The number of carbonyl (C=O) groups excluding carboxylic acids is 3. The van der Waals surface area contributed by atoms with E-state index in [9.17, 15) is 14.4 Å². The van der Waals surface area contributed by atoms with Gasteiger partial charge in [-0.15, -0.1) is 0 Å². The molecule has 0 atom stereocenters. The van der Waals surface area contributed by atoms with Crippen molar-refractivity contribution < 1.29 is 14.4 Å². The van der Waals surface area contributed by atoms with Gasteiger partial charge in [-0.2, -0.15) is 0 Å². The maximum Gasteiger partial charge on any atom is 0.252 e. The van der Waals surface area contributed by atoms with Crippen molar-refractivity contribution in [2.75, 3.05) is 36.4 Å². The van der Waals surface area contributed by atoms with Crippen molar-refractivity contribution in [3.8, 4) is 0 Å². The quantitative estimate of drug-likeness (QED) is 0.761. The Labute approximate surface area is 175 Å². The van der Waals surface area contributed by atoms with Crippen LogP contribution in [0.4, 0.5) is 11.5 Å². The topological polar surface area (TPSA) is 94.6 Å². The number of pyridine rings is 1. The third-order valence-electron chi connectivity index (χ3n) is 5.40. The lowest BCUT2D eigenvalue weighted by Crippen LogP contribution is -2.41. The molecule has 2 aromatic rings. The summed E-state index contributed by atoms with van der Waals surface area (Å²) in [6.45, 7) is 2.22. The van der Waals surface area contributed by atoms with Gasteiger partial charge in [0.05, 0.1) is 24.3 Å². The fourth-order valence-corrected chi connectivity index (χ4v) is 3.75. The molecule has 0 saturated carbocycles. The summed E-state index contributed by atoms with van der Waals surface area (Å²) in [4.78, 5) is 44.8. The molecule has 4 rings (SSSR count). The fourth-order valence-electron chi connectivity index (χ4n) is 3.75. The minimum Gasteiger partial charge on any atom is -0.359 e. The number of fused-ring (bicyclic) bond motifs is 1. The Morgan fingerprint density at radius 1 is 1.13 bits per heavy atom. The van der Waals surface area contributed by atoms with Gasteiger partial charge in [0.1, 0.15) is 0 Å². The molecule has 0 unspecified atom stereocenters. The Kier molecular flexibility index (Phi) is 5.92. The van der Waals surface area contributed by atoms with Gasteiger partial charge in [0, 0.05) is 32.3 Å². The molecule has 8 nitrogen and oxygen atoms in total. The first-order valence-corrected chi connectivity index (χ1v) is 10.3. The van der Waals surface area contributed by atoms with Gasteiger partial charge in [-0.05, 0) is 24.5 Å². The summed E-state index contributed by atoms with van der Waals surface area (Å²) in [6, 6.07) is 11.4. The standard InChI is InChI=1S/C22H25N5O3/c28-19-8-4-5-10-26(19)11-9-23-22(30)17-12-18-21(24-13-17)25-14-20(29)27(18)15-16-6-2-1-3-7-16/h1-3,6-7,12-13H,4-5,8-11,14-15H2,(H,23,30)(H,24,25). The van der Waals surface area contributed by atoms with Crippen molar-refractivity contribution in [2.24, 2.45) is 0 Å². The van der Waals surface area contributed by atoms with E-state index in [4.69, 9.17) is 0 Å². The second-order valence-corrected chi connectivity index (χ2v) is 7.50. The number of aromatic nitrogens is 1. The summed E-state index contributed by atoms with van der Waals surface area (Å²) in [6.07, 6.45) is 4.03. The van der Waals surface area contributed by atoms with E-state index in [0.29, 0.717) is 43.1 Å². The van der Waals surface area contributed by atoms with E-state index < -0.39 is 0 Å². The zero-order valence-electron chi connectivity index (χ0n) is 16.8. The first-order valence-electron chi connectivity index (χ1n) is 10.3. The average molecular weight is 407 g/mol. The number of nitrogens with zero attached hydrogens (tertiary/aromatic N) is 3. The largest absolute Gasteiger partial charge is 0.359 e. The van der Waals surface area contributed by atoms with Gasteiger partial charge in [0.2, 0.25) is 11.8 Å². The molecule has 2 N–H and O–H groups in total. The molecule has 0 aliphatic carbocycles. The molecule has 0 spiro atoms. The Hall–Kier alpha value is -3.42. The number of anilines is 2. The van der Waals surface area contributed by atoms with E-state index in [1.165, 1.54) is 6.20 Å². The van der Waals surface area contributed by atoms with Gasteiger partial charge in [0.15, 0.2) is 5.82 Å². The van der Waals surface area contributed by atoms with Crippen molar-refractivity contribution in [3.05, 3.63) is 53.7 Å². The number of likely N-dealkylation sites (tertiary alicyclic amines) is 1. The summed E-state index contributed by atoms with van der Waals surface area (Å²) >= 11 is 0. The molecular formula is C22H25N5O3. The Morgan fingerprint density at radius 2 is 1.97 bits per heavy atom. The molecule has 156 valence electrons. The molecule has 3 heterocycles. The van der Waals surface area contributed by atoms with Crippen LogP contribution in [-0.2, 0) is 16.1 Å². The first kappa shape index (κ1) is 19.9. The first-order chi connectivity index (χ1) is 14.6. The molecule has 30 heavy (non-hydrogen) atoms. The Morgan fingerprint density at radius 3 is 2.77 bits per heavy atom. The maximum absolute atomic E-state index is 12.6. The minimum atomic E-state index is -0.271. The van der Waals surface area contributed by atoms with Crippen LogP contribution in [0.2, 0.25) is 0 Å². The van der Waals surface area contributed by atoms with E-state index in [1.807, 2.05) is 30.3 Å². The normalized spacial score (nSPS) is 16.1. The van der Waals surface area contributed by atoms with Crippen LogP contribution >= 0.6 is 0 Å². The van der Waals surface area contributed by atoms with Gasteiger partial charge in [0.25, 0.3) is 5.91 Å². The summed E-state index contributed by atoms with van der Waals surface area (Å²) in [7, 11) is 0. The summed E-state index contributed by atoms with van der Waals surface area (Å²) in [5.74, 6) is 0.384. The molecule has 1 saturated heterocycles. The van der Waals surface area contributed by atoms with Gasteiger partial charge in [-0.1, -0.05) is 30.3 Å². The van der Waals surface area contributed by atoms with E-state index >= 15 is 0 Å². The molecule has 0 bridgehead atoms. The molecular weight excluding hydrogens is 382 g/mol. The van der Waals surface area contributed by atoms with Gasteiger partial charge >= 0.3 is 0 Å². The molecule has 2 aliphatic heterocycles. The smallest absolute Gasteiger partial charge is 0.252 e. The van der Waals surface area contributed by atoms with Crippen LogP contribution in [0.1, 0.15) is 35.2 Å². The average Bonchev–Trinajstić information content (AvgIpc) is 2.77. The zero-order valence-corrected chi connectivity index (χ0v) is 16.8. The fraction of sp³-hybridized carbons (Fsp3) is 0.364. The number of nitrogens with one attached hydrogen (secondary N) is 2. The van der Waals surface area contributed by atoms with E-state index in [0.717, 1.165) is 24.9 Å². The van der Waals surface area contributed by atoms with E-state index in [-0.39, 0.29) is 24.3 Å². The van der Waals surface area contributed by atoms with Crippen LogP contribution in [0.15, 0.2) is 42.6 Å². The molecule has 8 heteroatoms. The van der Waals surface area contributed by atoms with Crippen LogP contribution in [0, 0.1) is 0 Å². The Balaban J connectivity index is 1.44. The number of amides is 3. The molecule has 3 amide bonds. The minimum absolute atomic E-state index is 0.0747. The van der Waals surface area contributed by atoms with Crippen molar-refractivity contribution >= 4 is 29.2 Å². The van der Waals surface area contributed by atoms with Crippen LogP contribution in [-0.4, -0.2) is 53.8 Å². The number of hydrogen-bond acceptors (Lipinski definition) is 5. The van der Waals surface area contributed by atoms with Crippen LogP contribution in [0.5, 0.6) is 0 Å². The highest BCUT2D eigenvalue weighted by molar-refractivity contribution is 6.04. The number of piperidine rings is 1.